The summed E-state index contributed by atoms with van der Waals surface area (Å²) in [4.78, 5) is 0. The van der Waals surface area contributed by atoms with Crippen LogP contribution in [-0.2, 0) is 4.74 Å². The Morgan fingerprint density at radius 3 is 2.33 bits per heavy atom. The maximum Gasteiger partial charge on any atom is 0.389 e. The Morgan fingerprint density at radius 2 is 1.87 bits per heavy atom. The van der Waals surface area contributed by atoms with Crippen molar-refractivity contribution in [1.29, 1.82) is 0 Å². The average molecular weight is 229 g/mol. The van der Waals surface area contributed by atoms with Gasteiger partial charge in [0.25, 0.3) is 0 Å². The van der Waals surface area contributed by atoms with Crippen molar-refractivity contribution in [3.05, 3.63) is 0 Å². The molecule has 0 spiro atoms. The molecule has 1 atom stereocenters. The van der Waals surface area contributed by atoms with E-state index in [9.17, 15) is 18.3 Å². The molecule has 0 aliphatic carbocycles. The predicted octanol–water partition coefficient (Wildman–Crippen LogP) is 1.32. The minimum Gasteiger partial charge on any atom is -0.389 e. The fourth-order valence-corrected chi connectivity index (χ4v) is 1.03. The molecule has 15 heavy (non-hydrogen) atoms. The third kappa shape index (κ3) is 9.96. The molecule has 0 aromatic rings. The number of nitrogens with one attached hydrogen (secondary N) is 1. The zero-order chi connectivity index (χ0) is 11.9. The van der Waals surface area contributed by atoms with Crippen molar-refractivity contribution in [3.63, 3.8) is 0 Å². The third-order valence-corrected chi connectivity index (χ3v) is 1.94. The standard InChI is InChI=1S/C9H18F3NO2/c1-8(14,3-4-9(10,11)12)7-13-5-6-15-2/h13-14H,3-7H2,1-2H3. The quantitative estimate of drug-likeness (QED) is 0.647. The Bertz CT molecular complexity index is 171. The van der Waals surface area contributed by atoms with E-state index in [0.29, 0.717) is 13.2 Å². The molecule has 1 unspecified atom stereocenters. The van der Waals surface area contributed by atoms with Crippen LogP contribution in [0.5, 0.6) is 0 Å². The second kappa shape index (κ2) is 6.30. The molecule has 0 saturated carbocycles. The molecule has 0 rings (SSSR count). The molecule has 3 nitrogen and oxygen atoms in total. The van der Waals surface area contributed by atoms with Crippen molar-refractivity contribution in [3.8, 4) is 0 Å². The van der Waals surface area contributed by atoms with Crippen LogP contribution in [0.1, 0.15) is 19.8 Å². The number of hydrogen-bond donors (Lipinski definition) is 2. The molecule has 0 radical (unpaired) electrons. The molecule has 0 heterocycles. The Hall–Kier alpha value is -0.330. The summed E-state index contributed by atoms with van der Waals surface area (Å²) in [7, 11) is 1.53. The first-order chi connectivity index (χ1) is 6.77. The fourth-order valence-electron chi connectivity index (χ4n) is 1.03. The Morgan fingerprint density at radius 1 is 1.27 bits per heavy atom. The first-order valence-corrected chi connectivity index (χ1v) is 4.76. The highest BCUT2D eigenvalue weighted by atomic mass is 19.4. The van der Waals surface area contributed by atoms with Crippen LogP contribution in [0.15, 0.2) is 0 Å². The zero-order valence-electron chi connectivity index (χ0n) is 9.02. The molecule has 0 saturated heterocycles. The lowest BCUT2D eigenvalue weighted by Gasteiger charge is -2.24. The van der Waals surface area contributed by atoms with Crippen molar-refractivity contribution >= 4 is 0 Å². The van der Waals surface area contributed by atoms with E-state index in [1.807, 2.05) is 0 Å². The second-order valence-electron chi connectivity index (χ2n) is 3.78. The van der Waals surface area contributed by atoms with Gasteiger partial charge in [0.05, 0.1) is 12.2 Å². The largest absolute Gasteiger partial charge is 0.389 e. The summed E-state index contributed by atoms with van der Waals surface area (Å²) in [6.45, 7) is 2.50. The number of alkyl halides is 3. The lowest BCUT2D eigenvalue weighted by Crippen LogP contribution is -2.39. The Labute approximate surface area is 87.6 Å². The summed E-state index contributed by atoms with van der Waals surface area (Å²) in [5.74, 6) is 0. The van der Waals surface area contributed by atoms with Crippen molar-refractivity contribution in [2.24, 2.45) is 0 Å². The molecule has 0 aliphatic heterocycles. The van der Waals surface area contributed by atoms with Crippen LogP contribution in [0.2, 0.25) is 0 Å². The van der Waals surface area contributed by atoms with E-state index in [2.05, 4.69) is 5.32 Å². The van der Waals surface area contributed by atoms with Crippen LogP contribution in [0.25, 0.3) is 0 Å². The van der Waals surface area contributed by atoms with Crippen LogP contribution < -0.4 is 5.32 Å². The van der Waals surface area contributed by atoms with Gasteiger partial charge in [0.15, 0.2) is 0 Å². The summed E-state index contributed by atoms with van der Waals surface area (Å²) < 4.78 is 40.4. The van der Waals surface area contributed by atoms with Gasteiger partial charge in [0.2, 0.25) is 0 Å². The van der Waals surface area contributed by atoms with Crippen molar-refractivity contribution in [2.45, 2.75) is 31.5 Å². The number of rotatable bonds is 7. The predicted molar refractivity (Wildman–Crippen MR) is 50.7 cm³/mol. The van der Waals surface area contributed by atoms with Crippen molar-refractivity contribution in [2.75, 3.05) is 26.8 Å². The van der Waals surface area contributed by atoms with E-state index in [4.69, 9.17) is 4.74 Å². The highest BCUT2D eigenvalue weighted by Crippen LogP contribution is 2.25. The molecule has 0 aromatic heterocycles. The van der Waals surface area contributed by atoms with Gasteiger partial charge in [0, 0.05) is 26.6 Å². The smallest absolute Gasteiger partial charge is 0.389 e. The molecule has 6 heteroatoms. The minimum absolute atomic E-state index is 0.131. The molecular weight excluding hydrogens is 211 g/mol. The van der Waals surface area contributed by atoms with Gasteiger partial charge in [-0.05, 0) is 13.3 Å². The van der Waals surface area contributed by atoms with Gasteiger partial charge in [-0.3, -0.25) is 0 Å². The van der Waals surface area contributed by atoms with Crippen LogP contribution in [0, 0.1) is 0 Å². The van der Waals surface area contributed by atoms with Gasteiger partial charge in [-0.2, -0.15) is 13.2 Å². The van der Waals surface area contributed by atoms with E-state index >= 15 is 0 Å². The zero-order valence-corrected chi connectivity index (χ0v) is 9.02. The third-order valence-electron chi connectivity index (χ3n) is 1.94. The SMILES string of the molecule is COCCNCC(C)(O)CCC(F)(F)F. The van der Waals surface area contributed by atoms with Crippen molar-refractivity contribution < 1.29 is 23.0 Å². The van der Waals surface area contributed by atoms with Gasteiger partial charge < -0.3 is 15.2 Å². The molecule has 0 bridgehead atoms. The van der Waals surface area contributed by atoms with Crippen LogP contribution >= 0.6 is 0 Å². The summed E-state index contributed by atoms with van der Waals surface area (Å²) in [6, 6.07) is 0. The Balaban J connectivity index is 3.67. The first kappa shape index (κ1) is 14.7. The number of halogens is 3. The van der Waals surface area contributed by atoms with Crippen LogP contribution in [-0.4, -0.2) is 43.7 Å². The van der Waals surface area contributed by atoms with E-state index in [1.54, 1.807) is 0 Å². The van der Waals surface area contributed by atoms with Gasteiger partial charge >= 0.3 is 6.18 Å². The highest BCUT2D eigenvalue weighted by molar-refractivity contribution is 4.76. The minimum atomic E-state index is -4.21. The van der Waals surface area contributed by atoms with Gasteiger partial charge in [-0.1, -0.05) is 0 Å². The van der Waals surface area contributed by atoms with E-state index in [1.165, 1.54) is 14.0 Å². The molecule has 2 N–H and O–H groups in total. The van der Waals surface area contributed by atoms with Gasteiger partial charge in [-0.15, -0.1) is 0 Å². The lowest BCUT2D eigenvalue weighted by molar-refractivity contribution is -0.145. The number of methoxy groups -OCH3 is 1. The Kier molecular flexibility index (Phi) is 6.16. The van der Waals surface area contributed by atoms with E-state index < -0.39 is 18.2 Å². The average Bonchev–Trinajstić information content (AvgIpc) is 2.09. The maximum atomic E-state index is 11.9. The topological polar surface area (TPSA) is 41.5 Å². The number of aliphatic hydroxyl groups is 1. The van der Waals surface area contributed by atoms with Gasteiger partial charge in [-0.25, -0.2) is 0 Å². The van der Waals surface area contributed by atoms with E-state index in [0.717, 1.165) is 0 Å². The fraction of sp³-hybridized carbons (Fsp3) is 1.00. The second-order valence-corrected chi connectivity index (χ2v) is 3.78. The summed E-state index contributed by atoms with van der Waals surface area (Å²) >= 11 is 0. The lowest BCUT2D eigenvalue weighted by atomic mass is 10.00. The maximum absolute atomic E-state index is 11.9. The summed E-state index contributed by atoms with van der Waals surface area (Å²) in [5, 5.41) is 12.4. The first-order valence-electron chi connectivity index (χ1n) is 4.76. The molecular formula is C9H18F3NO2. The monoisotopic (exact) mass is 229 g/mol. The molecule has 0 aromatic carbocycles. The van der Waals surface area contributed by atoms with Crippen LogP contribution in [0.3, 0.4) is 0 Å². The molecule has 92 valence electrons. The summed E-state index contributed by atoms with van der Waals surface area (Å²) in [6.07, 6.45) is -5.47. The van der Waals surface area contributed by atoms with Crippen molar-refractivity contribution in [1.82, 2.24) is 5.32 Å². The summed E-state index contributed by atoms with van der Waals surface area (Å²) in [5.41, 5.74) is -1.33. The van der Waals surface area contributed by atoms with Crippen LogP contribution in [0.4, 0.5) is 13.2 Å². The van der Waals surface area contributed by atoms with E-state index in [-0.39, 0.29) is 13.0 Å². The number of ether oxygens (including phenoxy) is 1. The molecule has 0 amide bonds. The molecule has 0 aliphatic rings. The highest BCUT2D eigenvalue weighted by Gasteiger charge is 2.31. The normalized spacial score (nSPS) is 16.4. The number of hydrogen-bond acceptors (Lipinski definition) is 3. The molecule has 0 fully saturated rings. The van der Waals surface area contributed by atoms with Gasteiger partial charge in [0.1, 0.15) is 0 Å².